The molecule has 6 heteroatoms. The molecule has 1 aliphatic rings. The number of hydrogen-bond acceptors (Lipinski definition) is 5. The number of aromatic nitrogens is 3. The fraction of sp³-hybridized carbons (Fsp3) is 0.400. The Bertz CT molecular complexity index is 817. The van der Waals surface area contributed by atoms with Crippen LogP contribution in [0.3, 0.4) is 0 Å². The maximum atomic E-state index is 6.16. The molecule has 26 heavy (non-hydrogen) atoms. The van der Waals surface area contributed by atoms with Crippen molar-refractivity contribution in [2.45, 2.75) is 18.7 Å². The lowest BCUT2D eigenvalue weighted by Crippen LogP contribution is -2.47. The van der Waals surface area contributed by atoms with Gasteiger partial charge in [0.1, 0.15) is 0 Å². The summed E-state index contributed by atoms with van der Waals surface area (Å²) in [5, 5.41) is 0. The van der Waals surface area contributed by atoms with Crippen molar-refractivity contribution in [1.29, 1.82) is 0 Å². The van der Waals surface area contributed by atoms with Crippen LogP contribution in [0.25, 0.3) is 5.78 Å². The first-order chi connectivity index (χ1) is 12.7. The molecule has 1 aliphatic heterocycles. The van der Waals surface area contributed by atoms with E-state index in [-0.39, 0.29) is 12.1 Å². The summed E-state index contributed by atoms with van der Waals surface area (Å²) in [5.41, 5.74) is 2.33. The van der Waals surface area contributed by atoms with Gasteiger partial charge in [-0.15, -0.1) is 0 Å². The van der Waals surface area contributed by atoms with Crippen LogP contribution in [0, 0.1) is 0 Å². The number of rotatable bonds is 5. The molecule has 6 nitrogen and oxygen atoms in total. The molecule has 0 aliphatic carbocycles. The molecule has 0 saturated carbocycles. The lowest BCUT2D eigenvalue weighted by Gasteiger charge is -2.40. The van der Waals surface area contributed by atoms with E-state index in [2.05, 4.69) is 64.2 Å². The maximum Gasteiger partial charge on any atom is 0.233 e. The number of benzene rings is 1. The lowest BCUT2D eigenvalue weighted by atomic mass is 9.98. The van der Waals surface area contributed by atoms with Crippen molar-refractivity contribution < 1.29 is 4.74 Å². The minimum absolute atomic E-state index is 0.135. The van der Waals surface area contributed by atoms with Crippen molar-refractivity contribution in [3.8, 4) is 0 Å². The van der Waals surface area contributed by atoms with Crippen molar-refractivity contribution in [2.75, 3.05) is 33.8 Å². The SMILES string of the molecule is CN(Cc1cn2cccnc2n1)C[C@@H]1OCCN(C)[C@H]1c1ccccc1. The Morgan fingerprint density at radius 2 is 2.08 bits per heavy atom. The smallest absolute Gasteiger partial charge is 0.233 e. The number of ether oxygens (including phenoxy) is 1. The van der Waals surface area contributed by atoms with E-state index in [1.807, 2.05) is 22.9 Å². The Hall–Kier alpha value is -2.28. The number of likely N-dealkylation sites (N-methyl/N-ethyl adjacent to an activating group) is 2. The van der Waals surface area contributed by atoms with Gasteiger partial charge < -0.3 is 4.74 Å². The summed E-state index contributed by atoms with van der Waals surface area (Å²) in [4.78, 5) is 13.6. The molecule has 0 radical (unpaired) electrons. The molecule has 0 unspecified atom stereocenters. The van der Waals surface area contributed by atoms with Crippen molar-refractivity contribution in [3.63, 3.8) is 0 Å². The van der Waals surface area contributed by atoms with E-state index < -0.39 is 0 Å². The summed E-state index contributed by atoms with van der Waals surface area (Å²) in [6.07, 6.45) is 5.92. The predicted octanol–water partition coefficient (Wildman–Crippen LogP) is 2.23. The normalized spacial score (nSPS) is 21.5. The van der Waals surface area contributed by atoms with E-state index in [4.69, 9.17) is 4.74 Å². The van der Waals surface area contributed by atoms with Crippen LogP contribution in [0.4, 0.5) is 0 Å². The molecule has 2 atom stereocenters. The molecule has 0 bridgehead atoms. The molecule has 1 fully saturated rings. The summed E-state index contributed by atoms with van der Waals surface area (Å²) in [5.74, 6) is 0.742. The Labute approximate surface area is 154 Å². The number of fused-ring (bicyclic) bond motifs is 1. The van der Waals surface area contributed by atoms with Crippen LogP contribution in [-0.4, -0.2) is 64.1 Å². The highest BCUT2D eigenvalue weighted by Gasteiger charge is 2.32. The largest absolute Gasteiger partial charge is 0.374 e. The molecular formula is C20H25N5O. The van der Waals surface area contributed by atoms with Crippen LogP contribution in [0.15, 0.2) is 55.0 Å². The molecule has 4 rings (SSSR count). The van der Waals surface area contributed by atoms with Crippen LogP contribution in [0.5, 0.6) is 0 Å². The zero-order valence-corrected chi connectivity index (χ0v) is 15.3. The molecule has 136 valence electrons. The third kappa shape index (κ3) is 3.62. The fourth-order valence-electron chi connectivity index (χ4n) is 3.74. The van der Waals surface area contributed by atoms with Gasteiger partial charge in [-0.05, 0) is 25.7 Å². The molecule has 1 saturated heterocycles. The number of imidazole rings is 1. The second kappa shape index (κ2) is 7.53. The number of hydrogen-bond donors (Lipinski definition) is 0. The van der Waals surface area contributed by atoms with Gasteiger partial charge in [0.15, 0.2) is 0 Å². The molecule has 1 aromatic carbocycles. The van der Waals surface area contributed by atoms with Gasteiger partial charge in [0.25, 0.3) is 0 Å². The highest BCUT2D eigenvalue weighted by Crippen LogP contribution is 2.28. The van der Waals surface area contributed by atoms with E-state index in [0.29, 0.717) is 0 Å². The Kier molecular flexibility index (Phi) is 4.97. The van der Waals surface area contributed by atoms with Crippen LogP contribution in [0.2, 0.25) is 0 Å². The zero-order valence-electron chi connectivity index (χ0n) is 15.3. The van der Waals surface area contributed by atoms with Crippen LogP contribution >= 0.6 is 0 Å². The average Bonchev–Trinajstić information content (AvgIpc) is 3.04. The fourth-order valence-corrected chi connectivity index (χ4v) is 3.74. The first-order valence-electron chi connectivity index (χ1n) is 9.04. The Morgan fingerprint density at radius 1 is 1.23 bits per heavy atom. The minimum atomic E-state index is 0.135. The molecule has 0 N–H and O–H groups in total. The maximum absolute atomic E-state index is 6.16. The first kappa shape index (κ1) is 17.1. The molecule has 3 heterocycles. The van der Waals surface area contributed by atoms with Gasteiger partial charge in [0, 0.05) is 38.2 Å². The van der Waals surface area contributed by atoms with Gasteiger partial charge in [-0.25, -0.2) is 9.97 Å². The highest BCUT2D eigenvalue weighted by atomic mass is 16.5. The van der Waals surface area contributed by atoms with Gasteiger partial charge in [-0.1, -0.05) is 30.3 Å². The Balaban J connectivity index is 1.47. The molecule has 2 aromatic heterocycles. The second-order valence-corrected chi connectivity index (χ2v) is 7.00. The molecule has 0 spiro atoms. The van der Waals surface area contributed by atoms with Gasteiger partial charge >= 0.3 is 0 Å². The summed E-state index contributed by atoms with van der Waals surface area (Å²) >= 11 is 0. The zero-order chi connectivity index (χ0) is 17.9. The topological polar surface area (TPSA) is 45.9 Å². The number of nitrogens with zero attached hydrogens (tertiary/aromatic N) is 5. The lowest BCUT2D eigenvalue weighted by molar-refractivity contribution is -0.0743. The summed E-state index contributed by atoms with van der Waals surface area (Å²) in [7, 11) is 4.30. The predicted molar refractivity (Wildman–Crippen MR) is 101 cm³/mol. The van der Waals surface area contributed by atoms with Gasteiger partial charge in [0.2, 0.25) is 5.78 Å². The van der Waals surface area contributed by atoms with E-state index in [9.17, 15) is 0 Å². The molecule has 3 aromatic rings. The molecular weight excluding hydrogens is 326 g/mol. The van der Waals surface area contributed by atoms with Crippen molar-refractivity contribution in [1.82, 2.24) is 24.2 Å². The number of morpholine rings is 1. The van der Waals surface area contributed by atoms with Gasteiger partial charge in [-0.2, -0.15) is 0 Å². The van der Waals surface area contributed by atoms with Crippen LogP contribution in [0.1, 0.15) is 17.3 Å². The summed E-state index contributed by atoms with van der Waals surface area (Å²) in [6, 6.07) is 12.8. The second-order valence-electron chi connectivity index (χ2n) is 7.00. The quantitative estimate of drug-likeness (QED) is 0.705. The van der Waals surface area contributed by atoms with E-state index in [1.54, 1.807) is 6.20 Å². The van der Waals surface area contributed by atoms with Crippen molar-refractivity contribution in [2.24, 2.45) is 0 Å². The van der Waals surface area contributed by atoms with Crippen LogP contribution < -0.4 is 0 Å². The molecule has 0 amide bonds. The average molecular weight is 351 g/mol. The Morgan fingerprint density at radius 3 is 2.88 bits per heavy atom. The van der Waals surface area contributed by atoms with Gasteiger partial charge in [-0.3, -0.25) is 14.2 Å². The highest BCUT2D eigenvalue weighted by molar-refractivity contribution is 5.29. The summed E-state index contributed by atoms with van der Waals surface area (Å²) < 4.78 is 8.12. The van der Waals surface area contributed by atoms with E-state index >= 15 is 0 Å². The summed E-state index contributed by atoms with van der Waals surface area (Å²) in [6.45, 7) is 3.36. The standard InChI is InChI=1S/C20H25N5O/c1-23(13-17-14-25-10-6-9-21-20(25)22-17)15-18-19(24(2)11-12-26-18)16-7-4-3-5-8-16/h3-10,14,18-19H,11-13,15H2,1-2H3/t18-,19-/m0/s1. The monoisotopic (exact) mass is 351 g/mol. The third-order valence-corrected chi connectivity index (χ3v) is 4.95. The van der Waals surface area contributed by atoms with Crippen molar-refractivity contribution >= 4 is 5.78 Å². The van der Waals surface area contributed by atoms with E-state index in [1.165, 1.54) is 5.56 Å². The van der Waals surface area contributed by atoms with E-state index in [0.717, 1.165) is 37.7 Å². The third-order valence-electron chi connectivity index (χ3n) is 4.95. The van der Waals surface area contributed by atoms with Gasteiger partial charge in [0.05, 0.1) is 24.4 Å². The van der Waals surface area contributed by atoms with Crippen LogP contribution in [-0.2, 0) is 11.3 Å². The minimum Gasteiger partial charge on any atom is -0.374 e. The van der Waals surface area contributed by atoms with Crippen molar-refractivity contribution in [3.05, 3.63) is 66.2 Å². The first-order valence-corrected chi connectivity index (χ1v) is 9.04.